The highest BCUT2D eigenvalue weighted by atomic mass is 35.5. The fourth-order valence-corrected chi connectivity index (χ4v) is 2.43. The van der Waals surface area contributed by atoms with E-state index in [2.05, 4.69) is 4.74 Å². The molecule has 0 atom stereocenters. The van der Waals surface area contributed by atoms with Crippen molar-refractivity contribution in [3.8, 4) is 5.75 Å². The van der Waals surface area contributed by atoms with Gasteiger partial charge in [-0.1, -0.05) is 17.7 Å². The Morgan fingerprint density at radius 2 is 2.19 bits per heavy atom. The molecule has 1 aliphatic carbocycles. The molecule has 0 aliphatic heterocycles. The van der Waals surface area contributed by atoms with Crippen LogP contribution in [-0.4, -0.2) is 25.5 Å². The van der Waals surface area contributed by atoms with Gasteiger partial charge in [-0.05, 0) is 48.6 Å². The fourth-order valence-electron chi connectivity index (χ4n) is 2.23. The second kappa shape index (κ2) is 7.27. The zero-order valence-corrected chi connectivity index (χ0v) is 12.6. The molecule has 0 unspecified atom stereocenters. The van der Waals surface area contributed by atoms with E-state index in [1.54, 1.807) is 18.2 Å². The van der Waals surface area contributed by atoms with Crippen molar-refractivity contribution in [2.24, 2.45) is 0 Å². The van der Waals surface area contributed by atoms with Crippen molar-refractivity contribution in [1.82, 2.24) is 0 Å². The number of allylic oxidation sites excluding steroid dienone is 2. The molecule has 4 nitrogen and oxygen atoms in total. The molecule has 112 valence electrons. The van der Waals surface area contributed by atoms with Gasteiger partial charge in [0.05, 0.1) is 7.11 Å². The molecule has 0 amide bonds. The Morgan fingerprint density at radius 3 is 2.86 bits per heavy atom. The molecule has 1 fully saturated rings. The van der Waals surface area contributed by atoms with Crippen LogP contribution in [0.5, 0.6) is 5.75 Å². The summed E-state index contributed by atoms with van der Waals surface area (Å²) in [6, 6.07) is 5.20. The molecular formula is C16H17ClO4. The Morgan fingerprint density at radius 1 is 1.38 bits per heavy atom. The first kappa shape index (κ1) is 15.6. The van der Waals surface area contributed by atoms with E-state index >= 15 is 0 Å². The van der Waals surface area contributed by atoms with E-state index in [-0.39, 0.29) is 12.4 Å². The number of Topliss-reactive ketones (excluding diaryl/α,β-unsaturated/α-hetero) is 1. The molecule has 0 bridgehead atoms. The van der Waals surface area contributed by atoms with Gasteiger partial charge in [0.1, 0.15) is 5.75 Å². The summed E-state index contributed by atoms with van der Waals surface area (Å²) in [6.07, 6.45) is 4.86. The molecule has 1 aromatic carbocycles. The van der Waals surface area contributed by atoms with Crippen LogP contribution in [0.2, 0.25) is 5.02 Å². The maximum Gasteiger partial charge on any atom is 0.343 e. The molecule has 21 heavy (non-hydrogen) atoms. The van der Waals surface area contributed by atoms with E-state index < -0.39 is 5.97 Å². The molecule has 0 radical (unpaired) electrons. The lowest BCUT2D eigenvalue weighted by atomic mass is 10.1. The number of carbonyl (C=O) groups excluding carboxylic acids is 2. The minimum Gasteiger partial charge on any atom is -0.482 e. The molecule has 1 aliphatic rings. The van der Waals surface area contributed by atoms with E-state index in [1.165, 1.54) is 7.11 Å². The molecule has 0 saturated heterocycles. The van der Waals surface area contributed by atoms with Gasteiger partial charge >= 0.3 is 5.97 Å². The van der Waals surface area contributed by atoms with Gasteiger partial charge in [-0.3, -0.25) is 4.79 Å². The van der Waals surface area contributed by atoms with Gasteiger partial charge in [0.15, 0.2) is 12.4 Å². The van der Waals surface area contributed by atoms with E-state index in [9.17, 15) is 9.59 Å². The second-order valence-corrected chi connectivity index (χ2v) is 5.26. The number of methoxy groups -OCH3 is 1. The van der Waals surface area contributed by atoms with Crippen LogP contribution in [0.4, 0.5) is 0 Å². The molecule has 1 saturated carbocycles. The summed E-state index contributed by atoms with van der Waals surface area (Å²) >= 11 is 6.00. The first-order valence-electron chi connectivity index (χ1n) is 6.80. The second-order valence-electron chi connectivity index (χ2n) is 4.83. The Balaban J connectivity index is 2.11. The summed E-state index contributed by atoms with van der Waals surface area (Å²) in [5.41, 5.74) is 1.72. The van der Waals surface area contributed by atoms with Crippen molar-refractivity contribution in [1.29, 1.82) is 0 Å². The van der Waals surface area contributed by atoms with Crippen LogP contribution < -0.4 is 4.74 Å². The Bertz CT molecular complexity index is 578. The van der Waals surface area contributed by atoms with Crippen molar-refractivity contribution in [2.75, 3.05) is 13.7 Å². The third kappa shape index (κ3) is 4.33. The largest absolute Gasteiger partial charge is 0.482 e. The fraction of sp³-hybridized carbons (Fsp3) is 0.375. The first-order valence-corrected chi connectivity index (χ1v) is 7.18. The maximum atomic E-state index is 11.6. The monoisotopic (exact) mass is 308 g/mol. The maximum absolute atomic E-state index is 11.6. The first-order chi connectivity index (χ1) is 10.1. The highest BCUT2D eigenvalue weighted by Gasteiger charge is 2.16. The molecule has 0 N–H and O–H groups in total. The highest BCUT2D eigenvalue weighted by molar-refractivity contribution is 6.30. The summed E-state index contributed by atoms with van der Waals surface area (Å²) in [5.74, 6) is 0.348. The lowest BCUT2D eigenvalue weighted by molar-refractivity contribution is -0.142. The Labute approximate surface area is 128 Å². The topological polar surface area (TPSA) is 52.6 Å². The predicted molar refractivity (Wildman–Crippen MR) is 79.6 cm³/mol. The van der Waals surface area contributed by atoms with Crippen LogP contribution in [0.3, 0.4) is 0 Å². The van der Waals surface area contributed by atoms with Crippen LogP contribution in [0.25, 0.3) is 0 Å². The van der Waals surface area contributed by atoms with E-state index in [0.717, 1.165) is 24.0 Å². The summed E-state index contributed by atoms with van der Waals surface area (Å²) in [6.45, 7) is -0.152. The van der Waals surface area contributed by atoms with Crippen LogP contribution in [0.1, 0.15) is 24.8 Å². The molecular weight excluding hydrogens is 292 g/mol. The normalized spacial score (nSPS) is 16.3. The van der Waals surface area contributed by atoms with E-state index in [1.807, 2.05) is 6.08 Å². The third-order valence-corrected chi connectivity index (χ3v) is 3.61. The number of esters is 1. The molecule has 2 rings (SSSR count). The smallest absolute Gasteiger partial charge is 0.343 e. The summed E-state index contributed by atoms with van der Waals surface area (Å²) < 4.78 is 9.98. The van der Waals surface area contributed by atoms with Crippen LogP contribution in [-0.2, 0) is 20.7 Å². The number of ether oxygens (including phenoxy) is 2. The van der Waals surface area contributed by atoms with Crippen LogP contribution >= 0.6 is 11.6 Å². The number of halogens is 1. The minimum atomic E-state index is -0.444. The molecule has 0 spiro atoms. The number of carbonyl (C=O) groups is 2. The van der Waals surface area contributed by atoms with Gasteiger partial charge < -0.3 is 9.47 Å². The number of hydrogen-bond acceptors (Lipinski definition) is 4. The van der Waals surface area contributed by atoms with Crippen LogP contribution in [0.15, 0.2) is 29.8 Å². The minimum absolute atomic E-state index is 0.152. The van der Waals surface area contributed by atoms with Crippen molar-refractivity contribution in [2.45, 2.75) is 25.7 Å². The van der Waals surface area contributed by atoms with Crippen molar-refractivity contribution in [3.63, 3.8) is 0 Å². The predicted octanol–water partition coefficient (Wildman–Crippen LogP) is 3.11. The zero-order valence-electron chi connectivity index (χ0n) is 11.9. The van der Waals surface area contributed by atoms with Crippen LogP contribution in [0, 0.1) is 0 Å². The van der Waals surface area contributed by atoms with Gasteiger partial charge in [-0.15, -0.1) is 0 Å². The SMILES string of the molecule is COC(=O)COc1ccc(Cl)cc1C/C=C1\CCCC1=O. The number of ketones is 1. The van der Waals surface area contributed by atoms with Gasteiger partial charge in [0, 0.05) is 11.4 Å². The quantitative estimate of drug-likeness (QED) is 0.619. The summed E-state index contributed by atoms with van der Waals surface area (Å²) in [5, 5.41) is 0.589. The lowest BCUT2D eigenvalue weighted by Crippen LogP contribution is -2.13. The Hall–Kier alpha value is -1.81. The van der Waals surface area contributed by atoms with Gasteiger partial charge in [0.2, 0.25) is 0 Å². The van der Waals surface area contributed by atoms with Crippen molar-refractivity contribution >= 4 is 23.4 Å². The summed E-state index contributed by atoms with van der Waals surface area (Å²) in [7, 11) is 1.31. The zero-order chi connectivity index (χ0) is 15.2. The molecule has 0 heterocycles. The highest BCUT2D eigenvalue weighted by Crippen LogP contribution is 2.26. The molecule has 1 aromatic rings. The van der Waals surface area contributed by atoms with Crippen molar-refractivity contribution < 1.29 is 19.1 Å². The van der Waals surface area contributed by atoms with Gasteiger partial charge in [-0.25, -0.2) is 4.79 Å². The Kier molecular flexibility index (Phi) is 5.39. The van der Waals surface area contributed by atoms with E-state index in [4.69, 9.17) is 16.3 Å². The number of rotatable bonds is 5. The van der Waals surface area contributed by atoms with Gasteiger partial charge in [-0.2, -0.15) is 0 Å². The molecule has 0 aromatic heterocycles. The number of hydrogen-bond donors (Lipinski definition) is 0. The van der Waals surface area contributed by atoms with E-state index in [0.29, 0.717) is 23.6 Å². The van der Waals surface area contributed by atoms with Gasteiger partial charge in [0.25, 0.3) is 0 Å². The molecule has 5 heteroatoms. The third-order valence-electron chi connectivity index (χ3n) is 3.37. The summed E-state index contributed by atoms with van der Waals surface area (Å²) in [4.78, 5) is 22.8. The number of benzene rings is 1. The lowest BCUT2D eigenvalue weighted by Gasteiger charge is -2.10. The average Bonchev–Trinajstić information content (AvgIpc) is 2.89. The average molecular weight is 309 g/mol. The van der Waals surface area contributed by atoms with Crippen molar-refractivity contribution in [3.05, 3.63) is 40.4 Å². The standard InChI is InChI=1S/C16H17ClO4/c1-20-16(19)10-21-15-8-7-13(17)9-12(15)6-5-11-3-2-4-14(11)18/h5,7-9H,2-4,6,10H2,1H3/b11-5+.